The van der Waals surface area contributed by atoms with E-state index < -0.39 is 16.2 Å². The van der Waals surface area contributed by atoms with Gasteiger partial charge in [0.1, 0.15) is 0 Å². The molecule has 0 aromatic carbocycles. The number of unbranched alkanes of at least 4 members (excludes halogenated alkanes) is 13. The summed E-state index contributed by atoms with van der Waals surface area (Å²) in [4.78, 5) is 0. The molecule has 0 aromatic heterocycles. The van der Waals surface area contributed by atoms with E-state index >= 15 is 0 Å². The molecular weight excluding hydrogens is 375 g/mol. The topological polar surface area (TPSA) is 77.4 Å². The maximum atomic E-state index is 10.5. The first-order valence-electron chi connectivity index (χ1n) is 10.6. The molecule has 0 aliphatic heterocycles. The normalized spacial score (nSPS) is 12.7. The summed E-state index contributed by atoms with van der Waals surface area (Å²) in [6.07, 6.45) is 19.3. The predicted molar refractivity (Wildman–Crippen MR) is 105 cm³/mol. The van der Waals surface area contributed by atoms with Gasteiger partial charge in [-0.1, -0.05) is 96.8 Å². The van der Waals surface area contributed by atoms with Crippen LogP contribution in [0.3, 0.4) is 0 Å². The molecule has 0 heterocycles. The Kier molecular flexibility index (Phi) is 24.2. The van der Waals surface area contributed by atoms with Gasteiger partial charge in [-0.25, -0.2) is 8.42 Å². The van der Waals surface area contributed by atoms with Crippen molar-refractivity contribution in [3.63, 3.8) is 0 Å². The number of aliphatic hydroxyl groups excluding tert-OH is 1. The van der Waals surface area contributed by atoms with Crippen LogP contribution in [0.15, 0.2) is 0 Å². The van der Waals surface area contributed by atoms with Crippen molar-refractivity contribution in [1.29, 1.82) is 0 Å². The Morgan fingerprint density at radius 2 is 1.04 bits per heavy atom. The smallest absolute Gasteiger partial charge is 0.748 e. The number of hydrogen-bond acceptors (Lipinski definition) is 4. The van der Waals surface area contributed by atoms with Gasteiger partial charge in [-0.2, -0.15) is 0 Å². The Morgan fingerprint density at radius 1 is 0.692 bits per heavy atom. The number of hydrogen-bond donors (Lipinski definition) is 1. The third-order valence-corrected chi connectivity index (χ3v) is 5.61. The van der Waals surface area contributed by atoms with Crippen LogP contribution in [-0.4, -0.2) is 29.9 Å². The van der Waals surface area contributed by atoms with E-state index in [0.29, 0.717) is 6.42 Å². The molecule has 0 rings (SSSR count). The van der Waals surface area contributed by atoms with Crippen LogP contribution in [-0.2, 0) is 10.1 Å². The van der Waals surface area contributed by atoms with Gasteiger partial charge in [0.15, 0.2) is 0 Å². The average molecular weight is 417 g/mol. The summed E-state index contributed by atoms with van der Waals surface area (Å²) in [6, 6.07) is 0. The molecule has 4 nitrogen and oxygen atoms in total. The minimum absolute atomic E-state index is 0. The zero-order chi connectivity index (χ0) is 18.8. The van der Waals surface area contributed by atoms with Crippen molar-refractivity contribution in [3.05, 3.63) is 0 Å². The van der Waals surface area contributed by atoms with E-state index in [-0.39, 0.29) is 63.6 Å². The number of rotatable bonds is 19. The Morgan fingerprint density at radius 3 is 1.42 bits per heavy atom. The van der Waals surface area contributed by atoms with Gasteiger partial charge in [-0.15, -0.1) is 0 Å². The van der Waals surface area contributed by atoms with Crippen LogP contribution in [0.4, 0.5) is 0 Å². The summed E-state index contributed by atoms with van der Waals surface area (Å²) in [5.41, 5.74) is 0. The van der Waals surface area contributed by atoms with Gasteiger partial charge >= 0.3 is 51.4 Å². The van der Waals surface area contributed by atoms with Crippen LogP contribution in [0, 0.1) is 0 Å². The molecule has 1 unspecified atom stereocenters. The largest absolute Gasteiger partial charge is 1.00 e. The zero-order valence-electron chi connectivity index (χ0n) is 17.4. The van der Waals surface area contributed by atoms with E-state index in [1.165, 1.54) is 77.0 Å². The Bertz CT molecular complexity index is 374. The molecule has 0 bridgehead atoms. The maximum Gasteiger partial charge on any atom is 1.00 e. The molecule has 26 heavy (non-hydrogen) atoms. The minimum atomic E-state index is -4.13. The Balaban J connectivity index is 0. The summed E-state index contributed by atoms with van der Waals surface area (Å²) in [7, 11) is -4.13. The molecule has 0 amide bonds. The fraction of sp³-hybridized carbons (Fsp3) is 1.00. The van der Waals surface area contributed by atoms with Gasteiger partial charge in [-0.05, 0) is 19.3 Å². The third-order valence-electron chi connectivity index (χ3n) is 4.82. The average Bonchev–Trinajstić information content (AvgIpc) is 2.54. The van der Waals surface area contributed by atoms with E-state index in [1.54, 1.807) is 0 Å². The van der Waals surface area contributed by atoms with Crippen molar-refractivity contribution >= 4 is 10.1 Å². The van der Waals surface area contributed by atoms with Crippen LogP contribution in [0.25, 0.3) is 0 Å². The van der Waals surface area contributed by atoms with Gasteiger partial charge in [0.05, 0.1) is 16.2 Å². The van der Waals surface area contributed by atoms with E-state index in [0.717, 1.165) is 19.3 Å². The maximum absolute atomic E-state index is 10.5. The molecule has 0 aromatic rings. The van der Waals surface area contributed by atoms with Crippen molar-refractivity contribution in [2.45, 2.75) is 122 Å². The predicted octanol–water partition coefficient (Wildman–Crippen LogP) is 2.55. The summed E-state index contributed by atoms with van der Waals surface area (Å²) in [5, 5.41) is 9.74. The molecule has 0 fully saturated rings. The zero-order valence-corrected chi connectivity index (χ0v) is 21.3. The van der Waals surface area contributed by atoms with Crippen molar-refractivity contribution in [3.8, 4) is 0 Å². The van der Waals surface area contributed by atoms with Crippen molar-refractivity contribution in [1.82, 2.24) is 0 Å². The summed E-state index contributed by atoms with van der Waals surface area (Å²) in [6.45, 7) is 2.26. The van der Waals surface area contributed by atoms with Gasteiger partial charge in [0, 0.05) is 5.75 Å². The SMILES string of the molecule is CCCCCCCCCCCCCCCCC(O)CCCS(=O)(=O)[O-].[K+]. The molecule has 0 radical (unpaired) electrons. The minimum Gasteiger partial charge on any atom is -0.748 e. The van der Waals surface area contributed by atoms with E-state index in [2.05, 4.69) is 6.92 Å². The van der Waals surface area contributed by atoms with Crippen molar-refractivity contribution in [2.24, 2.45) is 0 Å². The van der Waals surface area contributed by atoms with Crippen LogP contribution in [0.5, 0.6) is 0 Å². The second-order valence-corrected chi connectivity index (χ2v) is 8.97. The van der Waals surface area contributed by atoms with Crippen molar-refractivity contribution in [2.75, 3.05) is 5.75 Å². The second-order valence-electron chi connectivity index (χ2n) is 7.44. The molecule has 0 saturated heterocycles. The van der Waals surface area contributed by atoms with Crippen LogP contribution < -0.4 is 51.4 Å². The van der Waals surface area contributed by atoms with Gasteiger partial charge in [0.2, 0.25) is 0 Å². The Labute approximate surface area is 205 Å². The molecule has 6 heteroatoms. The summed E-state index contributed by atoms with van der Waals surface area (Å²) in [5.74, 6) is -0.358. The molecule has 0 saturated carbocycles. The number of aliphatic hydroxyl groups is 1. The molecule has 0 aliphatic carbocycles. The first kappa shape index (κ1) is 29.7. The summed E-state index contributed by atoms with van der Waals surface area (Å²) >= 11 is 0. The van der Waals surface area contributed by atoms with E-state index in [4.69, 9.17) is 0 Å². The van der Waals surface area contributed by atoms with E-state index in [9.17, 15) is 18.1 Å². The fourth-order valence-corrected chi connectivity index (χ4v) is 3.73. The molecule has 0 aliphatic rings. The first-order valence-corrected chi connectivity index (χ1v) is 12.1. The van der Waals surface area contributed by atoms with Gasteiger partial charge < -0.3 is 9.66 Å². The fourth-order valence-electron chi connectivity index (χ4n) is 3.21. The summed E-state index contributed by atoms with van der Waals surface area (Å²) < 4.78 is 31.4. The molecule has 1 atom stereocenters. The third kappa shape index (κ3) is 25.5. The second kappa shape index (κ2) is 21.2. The van der Waals surface area contributed by atoms with Crippen LogP contribution in [0.2, 0.25) is 0 Å². The van der Waals surface area contributed by atoms with E-state index in [1.807, 2.05) is 0 Å². The Hall–Kier alpha value is 1.51. The van der Waals surface area contributed by atoms with Crippen molar-refractivity contribution < 1.29 is 69.5 Å². The van der Waals surface area contributed by atoms with Crippen LogP contribution in [0.1, 0.15) is 116 Å². The molecule has 1 N–H and O–H groups in total. The molecule has 152 valence electrons. The monoisotopic (exact) mass is 416 g/mol. The first-order chi connectivity index (χ1) is 12.0. The van der Waals surface area contributed by atoms with Crippen LogP contribution >= 0.6 is 0 Å². The quantitative estimate of drug-likeness (QED) is 0.199. The molecular formula is C20H41KO4S. The molecule has 0 spiro atoms. The van der Waals surface area contributed by atoms with Gasteiger partial charge in [-0.3, -0.25) is 0 Å². The van der Waals surface area contributed by atoms with Gasteiger partial charge in [0.25, 0.3) is 0 Å². The standard InChI is InChI=1S/C20H42O4S.K/c1-2-3-4-5-6-7-8-9-10-11-12-13-14-15-17-20(21)18-16-19-25(22,23)24;/h20-21H,2-19H2,1H3,(H,22,23,24);/q;+1/p-1.